The van der Waals surface area contributed by atoms with E-state index in [0.29, 0.717) is 19.4 Å². The van der Waals surface area contributed by atoms with Crippen LogP contribution in [-0.4, -0.2) is 53.7 Å². The highest BCUT2D eigenvalue weighted by Crippen LogP contribution is 2.16. The van der Waals surface area contributed by atoms with E-state index in [-0.39, 0.29) is 13.2 Å². The molecule has 2 amide bonds. The standard InChI is InChI=1S/C12H20N2O5/c1-3-19-11(17)8(2)13-12(18)14-6-4-5-9(7-14)10(15)16/h8-9H,3-7H2,1-2H3,(H,13,18)(H,15,16)/t8?,9-/m1/s1. The number of nitrogens with zero attached hydrogens (tertiary/aromatic N) is 1. The highest BCUT2D eigenvalue weighted by Gasteiger charge is 2.29. The first-order valence-corrected chi connectivity index (χ1v) is 6.40. The third kappa shape index (κ3) is 4.42. The molecule has 108 valence electrons. The predicted molar refractivity (Wildman–Crippen MR) is 66.6 cm³/mol. The third-order valence-corrected chi connectivity index (χ3v) is 3.04. The number of aliphatic carboxylic acids is 1. The molecule has 1 rings (SSSR count). The zero-order valence-corrected chi connectivity index (χ0v) is 11.2. The van der Waals surface area contributed by atoms with Crippen LogP contribution in [0, 0.1) is 5.92 Å². The van der Waals surface area contributed by atoms with E-state index < -0.39 is 29.9 Å². The van der Waals surface area contributed by atoms with Crippen LogP contribution in [-0.2, 0) is 14.3 Å². The van der Waals surface area contributed by atoms with Crippen LogP contribution >= 0.6 is 0 Å². The highest BCUT2D eigenvalue weighted by molar-refractivity contribution is 5.83. The van der Waals surface area contributed by atoms with Gasteiger partial charge in [0.15, 0.2) is 0 Å². The highest BCUT2D eigenvalue weighted by atomic mass is 16.5. The second-order valence-corrected chi connectivity index (χ2v) is 4.55. The summed E-state index contributed by atoms with van der Waals surface area (Å²) in [4.78, 5) is 35.6. The van der Waals surface area contributed by atoms with E-state index in [2.05, 4.69) is 5.32 Å². The van der Waals surface area contributed by atoms with Gasteiger partial charge in [-0.05, 0) is 26.7 Å². The number of amides is 2. The van der Waals surface area contributed by atoms with Crippen molar-refractivity contribution in [1.82, 2.24) is 10.2 Å². The van der Waals surface area contributed by atoms with Gasteiger partial charge in [0.1, 0.15) is 6.04 Å². The number of urea groups is 1. The number of rotatable bonds is 4. The molecule has 0 spiro atoms. The van der Waals surface area contributed by atoms with Crippen molar-refractivity contribution < 1.29 is 24.2 Å². The van der Waals surface area contributed by atoms with Crippen molar-refractivity contribution in [1.29, 1.82) is 0 Å². The van der Waals surface area contributed by atoms with E-state index in [1.165, 1.54) is 11.8 Å². The topological polar surface area (TPSA) is 95.9 Å². The largest absolute Gasteiger partial charge is 0.481 e. The lowest BCUT2D eigenvalue weighted by atomic mass is 9.99. The zero-order chi connectivity index (χ0) is 14.4. The molecule has 1 fully saturated rings. The molecule has 0 aromatic carbocycles. The molecule has 2 atom stereocenters. The molecule has 0 aromatic rings. The number of piperidine rings is 1. The summed E-state index contributed by atoms with van der Waals surface area (Å²) >= 11 is 0. The van der Waals surface area contributed by atoms with E-state index >= 15 is 0 Å². The molecule has 19 heavy (non-hydrogen) atoms. The van der Waals surface area contributed by atoms with Crippen molar-refractivity contribution >= 4 is 18.0 Å². The predicted octanol–water partition coefficient (Wildman–Crippen LogP) is 0.444. The van der Waals surface area contributed by atoms with Gasteiger partial charge >= 0.3 is 18.0 Å². The zero-order valence-electron chi connectivity index (χ0n) is 11.2. The van der Waals surface area contributed by atoms with Crippen molar-refractivity contribution in [3.05, 3.63) is 0 Å². The Morgan fingerprint density at radius 3 is 2.74 bits per heavy atom. The van der Waals surface area contributed by atoms with Gasteiger partial charge in [-0.15, -0.1) is 0 Å². The van der Waals surface area contributed by atoms with E-state index in [0.717, 1.165) is 0 Å². The summed E-state index contributed by atoms with van der Waals surface area (Å²) in [5.41, 5.74) is 0. The molecule has 1 unspecified atom stereocenters. The van der Waals surface area contributed by atoms with Gasteiger partial charge in [-0.25, -0.2) is 9.59 Å². The van der Waals surface area contributed by atoms with Gasteiger partial charge in [0.2, 0.25) is 0 Å². The SMILES string of the molecule is CCOC(=O)C(C)NC(=O)N1CCC[C@@H](C(=O)O)C1. The molecule has 2 N–H and O–H groups in total. The first-order valence-electron chi connectivity index (χ1n) is 6.40. The Labute approximate surface area is 111 Å². The second-order valence-electron chi connectivity index (χ2n) is 4.55. The minimum absolute atomic E-state index is 0.177. The van der Waals surface area contributed by atoms with Gasteiger partial charge in [0.05, 0.1) is 12.5 Å². The number of nitrogens with one attached hydrogen (secondary N) is 1. The summed E-state index contributed by atoms with van der Waals surface area (Å²) in [5, 5.41) is 11.5. The van der Waals surface area contributed by atoms with E-state index in [4.69, 9.17) is 9.84 Å². The van der Waals surface area contributed by atoms with Crippen LogP contribution < -0.4 is 5.32 Å². The number of carboxylic acid groups (broad SMARTS) is 1. The molecule has 0 bridgehead atoms. The third-order valence-electron chi connectivity index (χ3n) is 3.04. The number of ether oxygens (including phenoxy) is 1. The maximum atomic E-state index is 11.9. The fourth-order valence-electron chi connectivity index (χ4n) is 1.97. The van der Waals surface area contributed by atoms with Gasteiger partial charge in [0, 0.05) is 13.1 Å². The number of esters is 1. The maximum absolute atomic E-state index is 11.9. The number of carboxylic acids is 1. The van der Waals surface area contributed by atoms with Crippen molar-refractivity contribution in [2.24, 2.45) is 5.92 Å². The molecule has 7 nitrogen and oxygen atoms in total. The Bertz CT molecular complexity index is 358. The summed E-state index contributed by atoms with van der Waals surface area (Å²) < 4.78 is 4.78. The van der Waals surface area contributed by atoms with Crippen LogP contribution in [0.4, 0.5) is 4.79 Å². The van der Waals surface area contributed by atoms with Crippen LogP contribution in [0.2, 0.25) is 0 Å². The Kier molecular flexibility index (Phi) is 5.59. The minimum atomic E-state index is -0.893. The molecule has 0 aromatic heterocycles. The van der Waals surface area contributed by atoms with Gasteiger partial charge in [-0.3, -0.25) is 4.79 Å². The lowest BCUT2D eigenvalue weighted by molar-refractivity contribution is -0.145. The van der Waals surface area contributed by atoms with Crippen LogP contribution in [0.5, 0.6) is 0 Å². The number of likely N-dealkylation sites (tertiary alicyclic amines) is 1. The summed E-state index contributed by atoms with van der Waals surface area (Å²) in [6, 6.07) is -1.16. The fraction of sp³-hybridized carbons (Fsp3) is 0.750. The smallest absolute Gasteiger partial charge is 0.328 e. The van der Waals surface area contributed by atoms with Crippen LogP contribution in [0.15, 0.2) is 0 Å². The molecule has 1 aliphatic rings. The molecule has 7 heteroatoms. The summed E-state index contributed by atoms with van der Waals surface area (Å²) in [7, 11) is 0. The van der Waals surface area contributed by atoms with Gasteiger partial charge in [0.25, 0.3) is 0 Å². The van der Waals surface area contributed by atoms with Gasteiger partial charge in [-0.2, -0.15) is 0 Å². The Morgan fingerprint density at radius 1 is 1.47 bits per heavy atom. The number of hydrogen-bond acceptors (Lipinski definition) is 4. The number of carbonyl (C=O) groups is 3. The van der Waals surface area contributed by atoms with E-state index in [1.807, 2.05) is 0 Å². The quantitative estimate of drug-likeness (QED) is 0.724. The number of hydrogen-bond donors (Lipinski definition) is 2. The monoisotopic (exact) mass is 272 g/mol. The molecule has 1 heterocycles. The average molecular weight is 272 g/mol. The molecule has 0 radical (unpaired) electrons. The maximum Gasteiger partial charge on any atom is 0.328 e. The minimum Gasteiger partial charge on any atom is -0.481 e. The first-order chi connectivity index (χ1) is 8.95. The lowest BCUT2D eigenvalue weighted by Crippen LogP contribution is -2.51. The fourth-order valence-corrected chi connectivity index (χ4v) is 1.97. The summed E-state index contributed by atoms with van der Waals surface area (Å²) in [6.07, 6.45) is 1.23. The van der Waals surface area contributed by atoms with Crippen LogP contribution in [0.1, 0.15) is 26.7 Å². The van der Waals surface area contributed by atoms with Gasteiger partial charge in [-0.1, -0.05) is 0 Å². The molecule has 0 saturated carbocycles. The second kappa shape index (κ2) is 6.96. The molecular formula is C12H20N2O5. The van der Waals surface area contributed by atoms with E-state index in [1.54, 1.807) is 6.92 Å². The summed E-state index contributed by atoms with van der Waals surface area (Å²) in [6.45, 7) is 4.16. The Balaban J connectivity index is 2.48. The first kappa shape index (κ1) is 15.3. The normalized spacial score (nSPS) is 20.5. The molecule has 1 saturated heterocycles. The van der Waals surface area contributed by atoms with Crippen molar-refractivity contribution in [2.45, 2.75) is 32.7 Å². The van der Waals surface area contributed by atoms with Crippen LogP contribution in [0.3, 0.4) is 0 Å². The molecular weight excluding hydrogens is 252 g/mol. The molecule has 0 aliphatic carbocycles. The van der Waals surface area contributed by atoms with Crippen molar-refractivity contribution in [2.75, 3.05) is 19.7 Å². The molecule has 1 aliphatic heterocycles. The van der Waals surface area contributed by atoms with Crippen LogP contribution in [0.25, 0.3) is 0 Å². The summed E-state index contributed by atoms with van der Waals surface area (Å²) in [5.74, 6) is -1.92. The Hall–Kier alpha value is -1.79. The lowest BCUT2D eigenvalue weighted by Gasteiger charge is -2.31. The van der Waals surface area contributed by atoms with Crippen molar-refractivity contribution in [3.63, 3.8) is 0 Å². The number of carbonyl (C=O) groups excluding carboxylic acids is 2. The van der Waals surface area contributed by atoms with Crippen molar-refractivity contribution in [3.8, 4) is 0 Å². The van der Waals surface area contributed by atoms with E-state index in [9.17, 15) is 14.4 Å². The Morgan fingerprint density at radius 2 is 2.16 bits per heavy atom. The average Bonchev–Trinajstić information content (AvgIpc) is 2.39. The van der Waals surface area contributed by atoms with Gasteiger partial charge < -0.3 is 20.1 Å².